The molecule has 0 spiro atoms. The number of thiol groups is 1. The Hall–Kier alpha value is -1.42. The summed E-state index contributed by atoms with van der Waals surface area (Å²) in [6, 6.07) is 9.57. The Morgan fingerprint density at radius 1 is 1.20 bits per heavy atom. The predicted molar refractivity (Wildman–Crippen MR) is 60.5 cm³/mol. The van der Waals surface area contributed by atoms with Crippen LogP contribution in [-0.4, -0.2) is 13.4 Å². The molecule has 3 nitrogen and oxygen atoms in total. The van der Waals surface area contributed by atoms with Crippen LogP contribution in [-0.2, 0) is 16.5 Å². The van der Waals surface area contributed by atoms with E-state index in [1.807, 2.05) is 31.2 Å². The summed E-state index contributed by atoms with van der Waals surface area (Å²) in [4.78, 5) is 4.27. The van der Waals surface area contributed by atoms with E-state index < -0.39 is 10.7 Å². The summed E-state index contributed by atoms with van der Waals surface area (Å²) in [5.41, 5.74) is 2.62. The smallest absolute Gasteiger partial charge is 0.145 e. The molecule has 0 atom stereocenters. The molecule has 15 heavy (non-hydrogen) atoms. The van der Waals surface area contributed by atoms with Crippen molar-refractivity contribution < 1.29 is 8.42 Å². The highest BCUT2D eigenvalue weighted by Crippen LogP contribution is 2.14. The van der Waals surface area contributed by atoms with Crippen LogP contribution in [0.1, 0.15) is 11.3 Å². The molecule has 0 amide bonds. The SMILES string of the molecule is Cc1ccc2nc(C[SH](=O)=O)ccc2c1. The monoisotopic (exact) mass is 221 g/mol. The fourth-order valence-electron chi connectivity index (χ4n) is 1.51. The topological polar surface area (TPSA) is 47.0 Å². The average Bonchev–Trinajstić information content (AvgIpc) is 2.17. The molecule has 0 fully saturated rings. The number of rotatable bonds is 2. The minimum Gasteiger partial charge on any atom is -0.252 e. The van der Waals surface area contributed by atoms with Crippen molar-refractivity contribution in [3.05, 3.63) is 41.6 Å². The fourth-order valence-corrected chi connectivity index (χ4v) is 1.95. The Morgan fingerprint density at radius 2 is 2.00 bits per heavy atom. The van der Waals surface area contributed by atoms with E-state index in [4.69, 9.17) is 0 Å². The second-order valence-corrected chi connectivity index (χ2v) is 4.47. The van der Waals surface area contributed by atoms with Crippen LogP contribution in [0.2, 0.25) is 0 Å². The van der Waals surface area contributed by atoms with Crippen LogP contribution >= 0.6 is 0 Å². The van der Waals surface area contributed by atoms with Crippen LogP contribution in [0.25, 0.3) is 10.9 Å². The number of hydrogen-bond acceptors (Lipinski definition) is 3. The molecule has 0 saturated heterocycles. The summed E-state index contributed by atoms with van der Waals surface area (Å²) in [5.74, 6) is 0.0130. The van der Waals surface area contributed by atoms with Crippen molar-refractivity contribution in [2.75, 3.05) is 0 Å². The summed E-state index contributed by atoms with van der Waals surface area (Å²) in [6.45, 7) is 2.02. The zero-order valence-corrected chi connectivity index (χ0v) is 9.20. The molecule has 0 aliphatic rings. The van der Waals surface area contributed by atoms with Crippen molar-refractivity contribution in [3.8, 4) is 0 Å². The van der Waals surface area contributed by atoms with Gasteiger partial charge in [-0.1, -0.05) is 17.7 Å². The maximum absolute atomic E-state index is 10.6. The minimum absolute atomic E-state index is 0.0130. The Bertz CT molecular complexity index is 568. The van der Waals surface area contributed by atoms with Gasteiger partial charge in [-0.2, -0.15) is 0 Å². The first-order valence-electron chi connectivity index (χ1n) is 4.63. The van der Waals surface area contributed by atoms with Crippen LogP contribution in [0, 0.1) is 6.92 Å². The van der Waals surface area contributed by atoms with Gasteiger partial charge in [0, 0.05) is 5.39 Å². The van der Waals surface area contributed by atoms with Gasteiger partial charge in [0.1, 0.15) is 10.7 Å². The average molecular weight is 221 g/mol. The Labute approximate surface area is 89.7 Å². The Balaban J connectivity index is 2.52. The highest BCUT2D eigenvalue weighted by atomic mass is 32.2. The quantitative estimate of drug-likeness (QED) is 0.784. The molecule has 4 heteroatoms. The summed E-state index contributed by atoms with van der Waals surface area (Å²) in [5, 5.41) is 1.04. The molecule has 0 bridgehead atoms. The van der Waals surface area contributed by atoms with Crippen molar-refractivity contribution in [2.24, 2.45) is 0 Å². The standard InChI is InChI=1S/C11H11NO2S/c1-8-2-5-11-9(6-8)3-4-10(12-11)7-15(13)14/h2-6,15H,7H2,1H3. The second kappa shape index (κ2) is 3.98. The first kappa shape index (κ1) is 10.1. The zero-order chi connectivity index (χ0) is 10.8. The normalized spacial score (nSPS) is 11.1. The van der Waals surface area contributed by atoms with Crippen LogP contribution in [0.5, 0.6) is 0 Å². The highest BCUT2D eigenvalue weighted by Gasteiger charge is 1.99. The Kier molecular flexibility index (Phi) is 2.68. The summed E-state index contributed by atoms with van der Waals surface area (Å²) < 4.78 is 21.1. The molecule has 0 unspecified atom stereocenters. The third-order valence-electron chi connectivity index (χ3n) is 2.19. The van der Waals surface area contributed by atoms with Crippen LogP contribution in [0.3, 0.4) is 0 Å². The van der Waals surface area contributed by atoms with Gasteiger partial charge in [0.2, 0.25) is 0 Å². The van der Waals surface area contributed by atoms with Crippen LogP contribution in [0.15, 0.2) is 30.3 Å². The third-order valence-corrected chi connectivity index (χ3v) is 2.78. The van der Waals surface area contributed by atoms with Crippen molar-refractivity contribution in [2.45, 2.75) is 12.7 Å². The van der Waals surface area contributed by atoms with E-state index in [1.165, 1.54) is 5.56 Å². The van der Waals surface area contributed by atoms with Gasteiger partial charge in [-0.05, 0) is 25.1 Å². The van der Waals surface area contributed by atoms with Gasteiger partial charge in [0.05, 0.1) is 17.0 Å². The van der Waals surface area contributed by atoms with Crippen molar-refractivity contribution in [3.63, 3.8) is 0 Å². The Morgan fingerprint density at radius 3 is 2.73 bits per heavy atom. The van der Waals surface area contributed by atoms with Gasteiger partial charge in [-0.15, -0.1) is 0 Å². The maximum atomic E-state index is 10.6. The van der Waals surface area contributed by atoms with Gasteiger partial charge in [-0.25, -0.2) is 8.42 Å². The number of aryl methyl sites for hydroxylation is 1. The molecule has 0 aliphatic carbocycles. The maximum Gasteiger partial charge on any atom is 0.145 e. The number of aromatic nitrogens is 1. The number of benzene rings is 1. The second-order valence-electron chi connectivity index (χ2n) is 3.49. The van der Waals surface area contributed by atoms with Crippen molar-refractivity contribution in [1.82, 2.24) is 4.98 Å². The summed E-state index contributed by atoms with van der Waals surface area (Å²) in [7, 11) is -2.40. The van der Waals surface area contributed by atoms with E-state index in [1.54, 1.807) is 6.07 Å². The predicted octanol–water partition coefficient (Wildman–Crippen LogP) is 1.65. The fraction of sp³-hybridized carbons (Fsp3) is 0.182. The molecule has 1 aromatic carbocycles. The van der Waals surface area contributed by atoms with Gasteiger partial charge < -0.3 is 0 Å². The van der Waals surface area contributed by atoms with Gasteiger partial charge in [-0.3, -0.25) is 4.98 Å². The van der Waals surface area contributed by atoms with Gasteiger partial charge >= 0.3 is 0 Å². The molecule has 78 valence electrons. The largest absolute Gasteiger partial charge is 0.252 e. The third kappa shape index (κ3) is 2.33. The van der Waals surface area contributed by atoms with E-state index in [0.717, 1.165) is 10.9 Å². The zero-order valence-electron chi connectivity index (χ0n) is 8.30. The molecule has 0 N–H and O–H groups in total. The summed E-state index contributed by atoms with van der Waals surface area (Å²) >= 11 is 0. The number of pyridine rings is 1. The molecule has 0 aliphatic heterocycles. The minimum atomic E-state index is -2.40. The number of nitrogens with zero attached hydrogens (tertiary/aromatic N) is 1. The summed E-state index contributed by atoms with van der Waals surface area (Å²) in [6.07, 6.45) is 0. The van der Waals surface area contributed by atoms with E-state index in [-0.39, 0.29) is 5.75 Å². The van der Waals surface area contributed by atoms with E-state index in [2.05, 4.69) is 4.98 Å². The van der Waals surface area contributed by atoms with E-state index in [9.17, 15) is 8.42 Å². The van der Waals surface area contributed by atoms with Crippen LogP contribution in [0.4, 0.5) is 0 Å². The molecule has 2 rings (SSSR count). The van der Waals surface area contributed by atoms with Crippen molar-refractivity contribution in [1.29, 1.82) is 0 Å². The lowest BCUT2D eigenvalue weighted by Gasteiger charge is -2.00. The lowest BCUT2D eigenvalue weighted by Crippen LogP contribution is -1.91. The molecule has 1 heterocycles. The lowest BCUT2D eigenvalue weighted by atomic mass is 10.1. The molecule has 0 radical (unpaired) electrons. The lowest BCUT2D eigenvalue weighted by molar-refractivity contribution is 0.613. The van der Waals surface area contributed by atoms with Crippen molar-refractivity contribution >= 4 is 21.6 Å². The number of fused-ring (bicyclic) bond motifs is 1. The van der Waals surface area contributed by atoms with E-state index >= 15 is 0 Å². The first-order chi connectivity index (χ1) is 7.15. The van der Waals surface area contributed by atoms with Crippen LogP contribution < -0.4 is 0 Å². The molecular weight excluding hydrogens is 210 g/mol. The molecule has 0 saturated carbocycles. The van der Waals surface area contributed by atoms with E-state index in [0.29, 0.717) is 5.69 Å². The molecular formula is C11H11NO2S. The van der Waals surface area contributed by atoms with Gasteiger partial charge in [0.25, 0.3) is 0 Å². The highest BCUT2D eigenvalue weighted by molar-refractivity contribution is 7.71. The molecule has 1 aromatic heterocycles. The first-order valence-corrected chi connectivity index (χ1v) is 5.99. The molecule has 2 aromatic rings. The number of hydrogen-bond donors (Lipinski definition) is 1. The van der Waals surface area contributed by atoms with Gasteiger partial charge in [0.15, 0.2) is 0 Å².